The molecule has 0 spiro atoms. The number of hydrogen-bond donors (Lipinski definition) is 1. The number of hydrogen-bond acceptors (Lipinski definition) is 2. The van der Waals surface area contributed by atoms with Gasteiger partial charge in [0.05, 0.1) is 0 Å². The van der Waals surface area contributed by atoms with E-state index in [2.05, 4.69) is 42.3 Å². The second kappa shape index (κ2) is 4.97. The van der Waals surface area contributed by atoms with E-state index in [0.29, 0.717) is 18.5 Å². The Labute approximate surface area is 115 Å². The van der Waals surface area contributed by atoms with Gasteiger partial charge in [0, 0.05) is 31.6 Å². The fraction of sp³-hybridized carbons (Fsp3) is 0.562. The molecule has 2 atom stereocenters. The second-order valence-corrected chi connectivity index (χ2v) is 6.04. The monoisotopic (exact) mass is 258 g/mol. The summed E-state index contributed by atoms with van der Waals surface area (Å²) in [4.78, 5) is 14.0. The van der Waals surface area contributed by atoms with Crippen LogP contribution in [0.15, 0.2) is 18.2 Å². The Balaban J connectivity index is 1.72. The second-order valence-electron chi connectivity index (χ2n) is 6.04. The molecule has 0 bridgehead atoms. The topological polar surface area (TPSA) is 32.3 Å². The van der Waals surface area contributed by atoms with Crippen molar-refractivity contribution in [3.05, 3.63) is 34.9 Å². The van der Waals surface area contributed by atoms with E-state index in [1.807, 2.05) is 0 Å². The van der Waals surface area contributed by atoms with Crippen molar-refractivity contribution in [2.24, 2.45) is 0 Å². The molecule has 2 aliphatic rings. The van der Waals surface area contributed by atoms with Crippen molar-refractivity contribution in [1.29, 1.82) is 0 Å². The average Bonchev–Trinajstić information content (AvgIpc) is 2.70. The molecule has 102 valence electrons. The summed E-state index contributed by atoms with van der Waals surface area (Å²) in [5.74, 6) is 0.231. The number of nitrogens with zero attached hydrogens (tertiary/aromatic N) is 1. The van der Waals surface area contributed by atoms with E-state index >= 15 is 0 Å². The number of amides is 1. The predicted octanol–water partition coefficient (Wildman–Crippen LogP) is 2.16. The van der Waals surface area contributed by atoms with E-state index < -0.39 is 0 Å². The minimum Gasteiger partial charge on any atom is -0.352 e. The zero-order chi connectivity index (χ0) is 13.4. The molecule has 0 radical (unpaired) electrons. The predicted molar refractivity (Wildman–Crippen MR) is 75.9 cm³/mol. The minimum absolute atomic E-state index is 0.231. The van der Waals surface area contributed by atoms with Crippen LogP contribution in [0.5, 0.6) is 0 Å². The van der Waals surface area contributed by atoms with Gasteiger partial charge in [0.1, 0.15) is 0 Å². The van der Waals surface area contributed by atoms with Crippen LogP contribution >= 0.6 is 0 Å². The molecule has 1 amide bonds. The van der Waals surface area contributed by atoms with Crippen LogP contribution in [0.4, 0.5) is 0 Å². The molecule has 3 heteroatoms. The Morgan fingerprint density at radius 2 is 1.95 bits per heavy atom. The zero-order valence-electron chi connectivity index (χ0n) is 11.8. The van der Waals surface area contributed by atoms with Gasteiger partial charge in [0.15, 0.2) is 0 Å². The summed E-state index contributed by atoms with van der Waals surface area (Å²) in [5, 5.41) is 3.14. The van der Waals surface area contributed by atoms with Crippen molar-refractivity contribution in [2.75, 3.05) is 6.54 Å². The summed E-state index contributed by atoms with van der Waals surface area (Å²) < 4.78 is 0. The fourth-order valence-corrected chi connectivity index (χ4v) is 3.62. The van der Waals surface area contributed by atoms with Crippen LogP contribution in [0.1, 0.15) is 36.0 Å². The van der Waals surface area contributed by atoms with Gasteiger partial charge >= 0.3 is 0 Å². The number of rotatable bonds is 2. The standard InChI is InChI=1S/C16H22N2O/c1-11-7-12(2)9-13(8-11)10-18-6-5-14-15(18)3-4-16(19)17-14/h7-9,14-15H,3-6,10H2,1-2H3,(H,17,19)/t14-,15-/m0/s1. The Bertz CT molecular complexity index is 477. The van der Waals surface area contributed by atoms with Crippen molar-refractivity contribution < 1.29 is 4.79 Å². The molecule has 1 aromatic carbocycles. The lowest BCUT2D eigenvalue weighted by molar-refractivity contribution is -0.124. The number of carbonyl (C=O) groups is 1. The van der Waals surface area contributed by atoms with E-state index in [0.717, 1.165) is 25.9 Å². The lowest BCUT2D eigenvalue weighted by Gasteiger charge is -2.32. The van der Waals surface area contributed by atoms with Crippen LogP contribution in [0.25, 0.3) is 0 Å². The van der Waals surface area contributed by atoms with Crippen molar-refractivity contribution in [2.45, 2.75) is 51.7 Å². The van der Waals surface area contributed by atoms with Gasteiger partial charge in [-0.15, -0.1) is 0 Å². The van der Waals surface area contributed by atoms with E-state index in [1.165, 1.54) is 16.7 Å². The summed E-state index contributed by atoms with van der Waals surface area (Å²) >= 11 is 0. The van der Waals surface area contributed by atoms with E-state index in [4.69, 9.17) is 0 Å². The van der Waals surface area contributed by atoms with Crippen LogP contribution in [-0.2, 0) is 11.3 Å². The van der Waals surface area contributed by atoms with Gasteiger partial charge in [-0.2, -0.15) is 0 Å². The molecular weight excluding hydrogens is 236 g/mol. The van der Waals surface area contributed by atoms with Crippen molar-refractivity contribution in [3.8, 4) is 0 Å². The maximum Gasteiger partial charge on any atom is 0.220 e. The molecule has 3 rings (SSSR count). The maximum atomic E-state index is 11.4. The SMILES string of the molecule is Cc1cc(C)cc(CN2CC[C@@H]3NC(=O)CC[C@@H]32)c1. The average molecular weight is 258 g/mol. The third-order valence-corrected chi connectivity index (χ3v) is 4.34. The highest BCUT2D eigenvalue weighted by atomic mass is 16.1. The van der Waals surface area contributed by atoms with Crippen LogP contribution in [0.3, 0.4) is 0 Å². The van der Waals surface area contributed by atoms with Crippen LogP contribution in [0.2, 0.25) is 0 Å². The summed E-state index contributed by atoms with van der Waals surface area (Å²) in [6, 6.07) is 7.70. The lowest BCUT2D eigenvalue weighted by Crippen LogP contribution is -2.49. The number of fused-ring (bicyclic) bond motifs is 1. The molecule has 1 aromatic rings. The number of nitrogens with one attached hydrogen (secondary N) is 1. The first-order valence-corrected chi connectivity index (χ1v) is 7.22. The minimum atomic E-state index is 0.231. The Morgan fingerprint density at radius 1 is 1.21 bits per heavy atom. The first kappa shape index (κ1) is 12.7. The Hall–Kier alpha value is -1.35. The molecule has 2 fully saturated rings. The first-order chi connectivity index (χ1) is 9.11. The highest BCUT2D eigenvalue weighted by molar-refractivity contribution is 5.77. The maximum absolute atomic E-state index is 11.4. The zero-order valence-corrected chi connectivity index (χ0v) is 11.8. The first-order valence-electron chi connectivity index (χ1n) is 7.22. The van der Waals surface area contributed by atoms with Crippen molar-refractivity contribution >= 4 is 5.91 Å². The van der Waals surface area contributed by atoms with Gasteiger partial charge in [-0.3, -0.25) is 9.69 Å². The number of piperidine rings is 1. The molecular formula is C16H22N2O. The lowest BCUT2D eigenvalue weighted by atomic mass is 9.98. The third-order valence-electron chi connectivity index (χ3n) is 4.34. The van der Waals surface area contributed by atoms with E-state index in [9.17, 15) is 4.79 Å². The van der Waals surface area contributed by atoms with Crippen molar-refractivity contribution in [1.82, 2.24) is 10.2 Å². The molecule has 2 heterocycles. The van der Waals surface area contributed by atoms with Crippen LogP contribution in [-0.4, -0.2) is 29.4 Å². The number of aryl methyl sites for hydroxylation is 2. The molecule has 2 saturated heterocycles. The molecule has 0 aliphatic carbocycles. The molecule has 3 nitrogen and oxygen atoms in total. The van der Waals surface area contributed by atoms with Crippen LogP contribution in [0, 0.1) is 13.8 Å². The van der Waals surface area contributed by atoms with E-state index in [1.54, 1.807) is 0 Å². The third kappa shape index (κ3) is 2.66. The smallest absolute Gasteiger partial charge is 0.220 e. The van der Waals surface area contributed by atoms with Gasteiger partial charge in [0.2, 0.25) is 5.91 Å². The fourth-order valence-electron chi connectivity index (χ4n) is 3.62. The number of carbonyl (C=O) groups excluding carboxylic acids is 1. The molecule has 19 heavy (non-hydrogen) atoms. The molecule has 2 aliphatic heterocycles. The summed E-state index contributed by atoms with van der Waals surface area (Å²) in [6.45, 7) is 6.43. The molecule has 0 saturated carbocycles. The van der Waals surface area contributed by atoms with E-state index in [-0.39, 0.29) is 5.91 Å². The Kier molecular flexibility index (Phi) is 3.31. The number of likely N-dealkylation sites (tertiary alicyclic amines) is 1. The summed E-state index contributed by atoms with van der Waals surface area (Å²) in [7, 11) is 0. The molecule has 1 N–H and O–H groups in total. The van der Waals surface area contributed by atoms with Gasteiger partial charge in [-0.1, -0.05) is 29.3 Å². The Morgan fingerprint density at radius 3 is 2.68 bits per heavy atom. The summed E-state index contributed by atoms with van der Waals surface area (Å²) in [6.07, 6.45) is 2.80. The van der Waals surface area contributed by atoms with Crippen molar-refractivity contribution in [3.63, 3.8) is 0 Å². The number of benzene rings is 1. The van der Waals surface area contributed by atoms with Gasteiger partial charge in [0.25, 0.3) is 0 Å². The van der Waals surface area contributed by atoms with Crippen LogP contribution < -0.4 is 5.32 Å². The largest absolute Gasteiger partial charge is 0.352 e. The normalized spacial score (nSPS) is 27.2. The van der Waals surface area contributed by atoms with Gasteiger partial charge in [-0.05, 0) is 32.3 Å². The molecule has 0 unspecified atom stereocenters. The van der Waals surface area contributed by atoms with Gasteiger partial charge < -0.3 is 5.32 Å². The quantitative estimate of drug-likeness (QED) is 0.881. The highest BCUT2D eigenvalue weighted by Crippen LogP contribution is 2.27. The summed E-state index contributed by atoms with van der Waals surface area (Å²) in [5.41, 5.74) is 4.07. The van der Waals surface area contributed by atoms with Gasteiger partial charge in [-0.25, -0.2) is 0 Å². The molecule has 0 aromatic heterocycles. The highest BCUT2D eigenvalue weighted by Gasteiger charge is 2.37.